The number of benzene rings is 2. The quantitative estimate of drug-likeness (QED) is 0.536. The first-order chi connectivity index (χ1) is 11.5. The van der Waals surface area contributed by atoms with Gasteiger partial charge in [0, 0.05) is 22.1 Å². The number of hydrogen-bond acceptors (Lipinski definition) is 3. The molecule has 0 fully saturated rings. The highest BCUT2D eigenvalue weighted by Crippen LogP contribution is 2.27. The molecule has 0 saturated carbocycles. The molecule has 122 valence electrons. The zero-order valence-corrected chi connectivity index (χ0v) is 14.0. The van der Waals surface area contributed by atoms with Gasteiger partial charge in [-0.3, -0.25) is 9.59 Å². The predicted molar refractivity (Wildman–Crippen MR) is 94.3 cm³/mol. The number of methoxy groups -OCH3 is 1. The van der Waals surface area contributed by atoms with Crippen LogP contribution in [0.5, 0.6) is 5.75 Å². The van der Waals surface area contributed by atoms with Crippen molar-refractivity contribution in [1.82, 2.24) is 4.98 Å². The second-order valence-corrected chi connectivity index (χ2v) is 5.86. The number of aromatic nitrogens is 1. The molecule has 24 heavy (non-hydrogen) atoms. The van der Waals surface area contributed by atoms with Gasteiger partial charge in [-0.2, -0.15) is 0 Å². The summed E-state index contributed by atoms with van der Waals surface area (Å²) in [6.45, 7) is 0. The number of ether oxygens (including phenoxy) is 1. The Morgan fingerprint density at radius 1 is 1.12 bits per heavy atom. The van der Waals surface area contributed by atoms with Gasteiger partial charge in [0.2, 0.25) is 0 Å². The number of aromatic amines is 1. The van der Waals surface area contributed by atoms with E-state index >= 15 is 0 Å². The van der Waals surface area contributed by atoms with Gasteiger partial charge in [-0.1, -0.05) is 23.2 Å². The summed E-state index contributed by atoms with van der Waals surface area (Å²) in [4.78, 5) is 27.7. The minimum Gasteiger partial charge on any atom is -0.497 e. The number of amides is 1. The Morgan fingerprint density at radius 2 is 1.92 bits per heavy atom. The highest BCUT2D eigenvalue weighted by Gasteiger charge is 2.21. The van der Waals surface area contributed by atoms with Gasteiger partial charge in [0.25, 0.3) is 11.7 Å². The van der Waals surface area contributed by atoms with Crippen LogP contribution in [-0.2, 0) is 4.79 Å². The molecule has 0 unspecified atom stereocenters. The van der Waals surface area contributed by atoms with Crippen LogP contribution in [0.1, 0.15) is 10.4 Å². The molecule has 0 aliphatic rings. The van der Waals surface area contributed by atoms with E-state index < -0.39 is 11.7 Å². The van der Waals surface area contributed by atoms with Crippen LogP contribution in [0.25, 0.3) is 10.9 Å². The molecule has 1 aromatic heterocycles. The molecule has 2 N–H and O–H groups in total. The summed E-state index contributed by atoms with van der Waals surface area (Å²) in [6, 6.07) is 9.83. The summed E-state index contributed by atoms with van der Waals surface area (Å²) < 4.78 is 5.15. The Bertz CT molecular complexity index is 950. The number of carbonyl (C=O) groups excluding carboxylic acids is 2. The Balaban J connectivity index is 1.89. The first-order valence-electron chi connectivity index (χ1n) is 6.95. The smallest absolute Gasteiger partial charge is 0.296 e. The summed E-state index contributed by atoms with van der Waals surface area (Å²) in [5.74, 6) is -0.874. The maximum atomic E-state index is 12.5. The largest absolute Gasteiger partial charge is 0.497 e. The van der Waals surface area contributed by atoms with E-state index in [1.807, 2.05) is 0 Å². The van der Waals surface area contributed by atoms with Crippen molar-refractivity contribution in [2.75, 3.05) is 12.4 Å². The number of Topliss-reactive ketones (excluding diaryl/α,β-unsaturated/α-hetero) is 1. The van der Waals surface area contributed by atoms with Crippen LogP contribution >= 0.6 is 23.2 Å². The average molecular weight is 363 g/mol. The highest BCUT2D eigenvalue weighted by molar-refractivity contribution is 6.49. The lowest BCUT2D eigenvalue weighted by atomic mass is 10.1. The molecule has 0 aliphatic carbocycles. The fraction of sp³-hybridized carbons (Fsp3) is 0.0588. The van der Waals surface area contributed by atoms with Crippen molar-refractivity contribution in [3.63, 3.8) is 0 Å². The summed E-state index contributed by atoms with van der Waals surface area (Å²) in [7, 11) is 1.53. The minimum absolute atomic E-state index is 0.254. The van der Waals surface area contributed by atoms with Crippen molar-refractivity contribution in [2.24, 2.45) is 0 Å². The molecule has 0 atom stereocenters. The zero-order chi connectivity index (χ0) is 17.3. The van der Waals surface area contributed by atoms with Crippen LogP contribution in [0.3, 0.4) is 0 Å². The molecule has 0 aliphatic heterocycles. The van der Waals surface area contributed by atoms with Crippen LogP contribution in [-0.4, -0.2) is 23.8 Å². The Morgan fingerprint density at radius 3 is 2.62 bits per heavy atom. The number of rotatable bonds is 4. The van der Waals surface area contributed by atoms with E-state index in [2.05, 4.69) is 10.3 Å². The van der Waals surface area contributed by atoms with E-state index in [1.165, 1.54) is 25.4 Å². The third kappa shape index (κ3) is 3.09. The van der Waals surface area contributed by atoms with E-state index in [1.54, 1.807) is 24.3 Å². The van der Waals surface area contributed by atoms with Crippen LogP contribution in [0.4, 0.5) is 5.69 Å². The summed E-state index contributed by atoms with van der Waals surface area (Å²) >= 11 is 11.8. The van der Waals surface area contributed by atoms with Crippen LogP contribution in [0.2, 0.25) is 10.0 Å². The molecule has 0 spiro atoms. The fourth-order valence-electron chi connectivity index (χ4n) is 2.31. The van der Waals surface area contributed by atoms with Crippen molar-refractivity contribution in [1.29, 1.82) is 0 Å². The lowest BCUT2D eigenvalue weighted by Gasteiger charge is -2.06. The number of nitrogens with one attached hydrogen (secondary N) is 2. The third-order valence-electron chi connectivity index (χ3n) is 3.52. The molecule has 0 saturated heterocycles. The molecule has 7 heteroatoms. The van der Waals surface area contributed by atoms with Gasteiger partial charge in [0.1, 0.15) is 5.75 Å². The van der Waals surface area contributed by atoms with Crippen molar-refractivity contribution in [3.8, 4) is 5.75 Å². The Labute approximate surface area is 147 Å². The molecule has 1 amide bonds. The molecule has 3 aromatic rings. The van der Waals surface area contributed by atoms with Gasteiger partial charge in [0.05, 0.1) is 23.4 Å². The predicted octanol–water partition coefficient (Wildman–Crippen LogP) is 4.30. The van der Waals surface area contributed by atoms with Crippen LogP contribution < -0.4 is 10.1 Å². The fourth-order valence-corrected chi connectivity index (χ4v) is 2.76. The number of anilines is 1. The van der Waals surface area contributed by atoms with Crippen molar-refractivity contribution >= 4 is 51.5 Å². The number of fused-ring (bicyclic) bond motifs is 1. The van der Waals surface area contributed by atoms with Gasteiger partial charge < -0.3 is 15.0 Å². The summed E-state index contributed by atoms with van der Waals surface area (Å²) in [6.07, 6.45) is 1.50. The van der Waals surface area contributed by atoms with Gasteiger partial charge in [-0.25, -0.2) is 0 Å². The molecular formula is C17H12Cl2N2O3. The summed E-state index contributed by atoms with van der Waals surface area (Å²) in [5.41, 5.74) is 1.31. The molecule has 1 heterocycles. The average Bonchev–Trinajstić information content (AvgIpc) is 2.99. The first kappa shape index (κ1) is 16.4. The number of halogens is 2. The molecule has 0 bridgehead atoms. The number of ketones is 1. The molecule has 0 radical (unpaired) electrons. The highest BCUT2D eigenvalue weighted by atomic mass is 35.5. The van der Waals surface area contributed by atoms with E-state index in [9.17, 15) is 9.59 Å². The monoisotopic (exact) mass is 362 g/mol. The van der Waals surface area contributed by atoms with Crippen molar-refractivity contribution in [3.05, 3.63) is 58.2 Å². The molecule has 2 aromatic carbocycles. The number of hydrogen-bond donors (Lipinski definition) is 2. The lowest BCUT2D eigenvalue weighted by molar-refractivity contribution is -0.112. The Hall–Kier alpha value is -2.50. The van der Waals surface area contributed by atoms with E-state index in [4.69, 9.17) is 27.9 Å². The molecule has 5 nitrogen and oxygen atoms in total. The number of H-pyrrole nitrogens is 1. The SMILES string of the molecule is COc1ccc2[nH]cc(C(=O)C(=O)Nc3ccc(Cl)cc3Cl)c2c1. The van der Waals surface area contributed by atoms with E-state index in [0.29, 0.717) is 21.8 Å². The second kappa shape index (κ2) is 6.55. The van der Waals surface area contributed by atoms with Gasteiger partial charge >= 0.3 is 0 Å². The Kier molecular flexibility index (Phi) is 4.46. The van der Waals surface area contributed by atoms with Gasteiger partial charge in [0.15, 0.2) is 0 Å². The van der Waals surface area contributed by atoms with Gasteiger partial charge in [-0.05, 0) is 36.4 Å². The normalized spacial score (nSPS) is 10.6. The minimum atomic E-state index is -0.789. The topological polar surface area (TPSA) is 71.2 Å². The van der Waals surface area contributed by atoms with Crippen LogP contribution in [0.15, 0.2) is 42.6 Å². The third-order valence-corrected chi connectivity index (χ3v) is 4.07. The second-order valence-electron chi connectivity index (χ2n) is 5.02. The first-order valence-corrected chi connectivity index (χ1v) is 7.71. The zero-order valence-electron chi connectivity index (χ0n) is 12.5. The molecular weight excluding hydrogens is 351 g/mol. The molecule has 3 rings (SSSR count). The van der Waals surface area contributed by atoms with Crippen molar-refractivity contribution < 1.29 is 14.3 Å². The summed E-state index contributed by atoms with van der Waals surface area (Å²) in [5, 5.41) is 3.79. The van der Waals surface area contributed by atoms with Crippen molar-refractivity contribution in [2.45, 2.75) is 0 Å². The maximum Gasteiger partial charge on any atom is 0.296 e. The van der Waals surface area contributed by atoms with Gasteiger partial charge in [-0.15, -0.1) is 0 Å². The van der Waals surface area contributed by atoms with E-state index in [-0.39, 0.29) is 10.6 Å². The lowest BCUT2D eigenvalue weighted by Crippen LogP contribution is -2.22. The number of carbonyl (C=O) groups is 2. The standard InChI is InChI=1S/C17H12Cl2N2O3/c1-24-10-3-5-14-11(7-10)12(8-20-14)16(22)17(23)21-15-4-2-9(18)6-13(15)19/h2-8,20H,1H3,(H,21,23). The maximum absolute atomic E-state index is 12.5. The van der Waals surface area contributed by atoms with E-state index in [0.717, 1.165) is 5.52 Å². The van der Waals surface area contributed by atoms with Crippen LogP contribution in [0, 0.1) is 0 Å².